The van der Waals surface area contributed by atoms with Crippen LogP contribution < -0.4 is 5.73 Å². The van der Waals surface area contributed by atoms with Gasteiger partial charge in [-0.1, -0.05) is 0 Å². The minimum Gasteiger partial charge on any atom is -0.443 e. The van der Waals surface area contributed by atoms with Crippen LogP contribution >= 0.6 is 0 Å². The Hall–Kier alpha value is -1.67. The van der Waals surface area contributed by atoms with Crippen LogP contribution in [0.4, 0.5) is 5.82 Å². The molecular formula is C16H24N4O3S. The predicted molar refractivity (Wildman–Crippen MR) is 93.4 cm³/mol. The number of aryl methyl sites for hydroxylation is 2. The fraction of sp³-hybridized carbons (Fsp3) is 0.625. The normalized spacial score (nSPS) is 16.9. The van der Waals surface area contributed by atoms with Gasteiger partial charge in [0, 0.05) is 23.9 Å². The number of furan rings is 1. The molecule has 3 rings (SSSR count). The molecule has 1 saturated carbocycles. The molecule has 0 spiro atoms. The fourth-order valence-electron chi connectivity index (χ4n) is 3.15. The summed E-state index contributed by atoms with van der Waals surface area (Å²) in [7, 11) is -3.04. The number of rotatable bonds is 6. The van der Waals surface area contributed by atoms with Gasteiger partial charge in [0.2, 0.25) is 5.71 Å². The first-order chi connectivity index (χ1) is 11.2. The molecule has 7 nitrogen and oxygen atoms in total. The molecule has 2 aromatic heterocycles. The highest BCUT2D eigenvalue weighted by atomic mass is 32.2. The quantitative estimate of drug-likeness (QED) is 0.846. The zero-order chi connectivity index (χ0) is 17.6. The summed E-state index contributed by atoms with van der Waals surface area (Å²) in [5.41, 5.74) is 7.55. The summed E-state index contributed by atoms with van der Waals surface area (Å²) in [6, 6.07) is 0.301. The van der Waals surface area contributed by atoms with Gasteiger partial charge in [0.25, 0.3) is 0 Å². The van der Waals surface area contributed by atoms with Crippen molar-refractivity contribution in [3.8, 4) is 0 Å². The molecule has 0 radical (unpaired) electrons. The van der Waals surface area contributed by atoms with Gasteiger partial charge < -0.3 is 10.2 Å². The highest BCUT2D eigenvalue weighted by molar-refractivity contribution is 7.90. The summed E-state index contributed by atoms with van der Waals surface area (Å²) < 4.78 is 28.9. The first-order valence-electron chi connectivity index (χ1n) is 8.11. The molecule has 132 valence electrons. The Bertz CT molecular complexity index is 871. The maximum atomic E-state index is 11.6. The van der Waals surface area contributed by atoms with Gasteiger partial charge in [-0.05, 0) is 33.6 Å². The smallest absolute Gasteiger partial charge is 0.231 e. The average molecular weight is 352 g/mol. The predicted octanol–water partition coefficient (Wildman–Crippen LogP) is 1.82. The second-order valence-electron chi connectivity index (χ2n) is 6.83. The van der Waals surface area contributed by atoms with Crippen molar-refractivity contribution in [2.45, 2.75) is 52.2 Å². The van der Waals surface area contributed by atoms with Gasteiger partial charge in [-0.2, -0.15) is 4.98 Å². The van der Waals surface area contributed by atoms with Gasteiger partial charge in [0.1, 0.15) is 27.2 Å². The number of hydrogen-bond acceptors (Lipinski definition) is 7. The molecule has 1 aliphatic carbocycles. The number of fused-ring (bicyclic) bond motifs is 1. The minimum atomic E-state index is -3.04. The molecule has 0 aromatic carbocycles. The highest BCUT2D eigenvalue weighted by Gasteiger charge is 2.34. The van der Waals surface area contributed by atoms with Crippen molar-refractivity contribution in [1.29, 1.82) is 0 Å². The summed E-state index contributed by atoms with van der Waals surface area (Å²) in [6.07, 6.45) is 3.42. The van der Waals surface area contributed by atoms with Crippen LogP contribution in [0.5, 0.6) is 0 Å². The number of sulfone groups is 1. The summed E-state index contributed by atoms with van der Waals surface area (Å²) >= 11 is 0. The summed E-state index contributed by atoms with van der Waals surface area (Å²) in [5, 5.41) is 0.762. The third-order valence-electron chi connectivity index (χ3n) is 4.55. The van der Waals surface area contributed by atoms with Crippen LogP contribution in [0.15, 0.2) is 4.42 Å². The maximum absolute atomic E-state index is 11.6. The van der Waals surface area contributed by atoms with E-state index in [0.717, 1.165) is 29.6 Å². The largest absolute Gasteiger partial charge is 0.443 e. The van der Waals surface area contributed by atoms with Crippen molar-refractivity contribution < 1.29 is 12.8 Å². The Balaban J connectivity index is 1.89. The fourth-order valence-corrected chi connectivity index (χ4v) is 4.21. The molecule has 0 saturated heterocycles. The van der Waals surface area contributed by atoms with Crippen molar-refractivity contribution in [2.24, 2.45) is 0 Å². The maximum Gasteiger partial charge on any atom is 0.231 e. The Morgan fingerprint density at radius 1 is 1.33 bits per heavy atom. The Morgan fingerprint density at radius 3 is 2.58 bits per heavy atom. The second kappa shape index (κ2) is 6.00. The van der Waals surface area contributed by atoms with E-state index in [1.165, 1.54) is 6.26 Å². The van der Waals surface area contributed by atoms with E-state index in [-0.39, 0.29) is 11.8 Å². The van der Waals surface area contributed by atoms with Crippen molar-refractivity contribution in [1.82, 2.24) is 14.9 Å². The van der Waals surface area contributed by atoms with Gasteiger partial charge in [0.15, 0.2) is 0 Å². The van der Waals surface area contributed by atoms with Crippen LogP contribution in [0.25, 0.3) is 11.1 Å². The van der Waals surface area contributed by atoms with Crippen LogP contribution in [0.1, 0.15) is 36.9 Å². The molecule has 2 aromatic rings. The van der Waals surface area contributed by atoms with Gasteiger partial charge in [0.05, 0.1) is 17.7 Å². The lowest BCUT2D eigenvalue weighted by Crippen LogP contribution is -2.39. The van der Waals surface area contributed by atoms with E-state index in [1.807, 2.05) is 20.8 Å². The van der Waals surface area contributed by atoms with E-state index in [9.17, 15) is 8.42 Å². The zero-order valence-corrected chi connectivity index (χ0v) is 15.4. The molecule has 0 aliphatic heterocycles. The molecule has 1 unspecified atom stereocenters. The SMILES string of the molecule is Cc1oc2nc(CN(C(C)CS(C)(=O)=O)C3CC3)nc(N)c2c1C. The minimum absolute atomic E-state index is 0.0897. The average Bonchev–Trinajstić information content (AvgIpc) is 3.22. The van der Waals surface area contributed by atoms with Crippen molar-refractivity contribution >= 4 is 26.8 Å². The third kappa shape index (κ3) is 3.54. The van der Waals surface area contributed by atoms with Gasteiger partial charge in [-0.25, -0.2) is 13.4 Å². The van der Waals surface area contributed by atoms with E-state index in [0.29, 0.717) is 29.9 Å². The summed E-state index contributed by atoms with van der Waals surface area (Å²) in [6.45, 7) is 6.22. The molecule has 0 amide bonds. The lowest BCUT2D eigenvalue weighted by molar-refractivity contribution is 0.199. The number of anilines is 1. The molecule has 1 fully saturated rings. The Kier molecular flexibility index (Phi) is 4.29. The lowest BCUT2D eigenvalue weighted by Gasteiger charge is -2.27. The number of aromatic nitrogens is 2. The van der Waals surface area contributed by atoms with Crippen LogP contribution in [0.2, 0.25) is 0 Å². The second-order valence-corrected chi connectivity index (χ2v) is 9.02. The van der Waals surface area contributed by atoms with Gasteiger partial charge in [-0.15, -0.1) is 0 Å². The van der Waals surface area contributed by atoms with E-state index in [1.54, 1.807) is 0 Å². The third-order valence-corrected chi connectivity index (χ3v) is 5.64. The number of nitrogens with zero attached hydrogens (tertiary/aromatic N) is 3. The van der Waals surface area contributed by atoms with E-state index >= 15 is 0 Å². The van der Waals surface area contributed by atoms with Crippen LogP contribution in [-0.2, 0) is 16.4 Å². The van der Waals surface area contributed by atoms with Crippen LogP contribution in [0.3, 0.4) is 0 Å². The molecule has 2 N–H and O–H groups in total. The molecule has 8 heteroatoms. The van der Waals surface area contributed by atoms with E-state index < -0.39 is 9.84 Å². The summed E-state index contributed by atoms with van der Waals surface area (Å²) in [5.74, 6) is 1.89. The first-order valence-corrected chi connectivity index (χ1v) is 10.2. The number of nitrogen functional groups attached to an aromatic ring is 1. The zero-order valence-electron chi connectivity index (χ0n) is 14.5. The Morgan fingerprint density at radius 2 is 2.00 bits per heavy atom. The number of hydrogen-bond donors (Lipinski definition) is 1. The number of nitrogens with two attached hydrogens (primary N) is 1. The van der Waals surface area contributed by atoms with Crippen molar-refractivity contribution in [3.63, 3.8) is 0 Å². The molecule has 24 heavy (non-hydrogen) atoms. The topological polar surface area (TPSA) is 102 Å². The molecule has 2 heterocycles. The highest BCUT2D eigenvalue weighted by Crippen LogP contribution is 2.31. The van der Waals surface area contributed by atoms with Crippen LogP contribution in [-0.4, -0.2) is 47.4 Å². The monoisotopic (exact) mass is 352 g/mol. The molecule has 1 atom stereocenters. The van der Waals surface area contributed by atoms with Crippen molar-refractivity contribution in [3.05, 3.63) is 17.1 Å². The first kappa shape index (κ1) is 17.2. The Labute approximate surface area is 142 Å². The molecular weight excluding hydrogens is 328 g/mol. The molecule has 0 bridgehead atoms. The van der Waals surface area contributed by atoms with Gasteiger partial charge in [-0.3, -0.25) is 4.90 Å². The molecule has 1 aliphatic rings. The van der Waals surface area contributed by atoms with Crippen LogP contribution in [0, 0.1) is 13.8 Å². The summed E-state index contributed by atoms with van der Waals surface area (Å²) in [4.78, 5) is 11.1. The van der Waals surface area contributed by atoms with E-state index in [4.69, 9.17) is 10.2 Å². The van der Waals surface area contributed by atoms with Crippen molar-refractivity contribution in [2.75, 3.05) is 17.7 Å². The lowest BCUT2D eigenvalue weighted by atomic mass is 10.2. The van der Waals surface area contributed by atoms with Gasteiger partial charge >= 0.3 is 0 Å². The standard InChI is InChI=1S/C16H24N4O3S/c1-9(8-24(4,21)22)20(12-5-6-12)7-13-18-15(17)14-10(2)11(3)23-16(14)19-13/h9,12H,5-8H2,1-4H3,(H2,17,18,19). The van der Waals surface area contributed by atoms with E-state index in [2.05, 4.69) is 14.9 Å².